The van der Waals surface area contributed by atoms with Crippen LogP contribution in [0.3, 0.4) is 0 Å². The van der Waals surface area contributed by atoms with E-state index in [-0.39, 0.29) is 23.1 Å². The molecule has 0 radical (unpaired) electrons. The number of anilines is 1. The van der Waals surface area contributed by atoms with Gasteiger partial charge in [-0.1, -0.05) is 13.8 Å². The predicted molar refractivity (Wildman–Crippen MR) is 102 cm³/mol. The number of amides is 1. The maximum atomic E-state index is 12.2. The average molecular weight is 405 g/mol. The lowest BCUT2D eigenvalue weighted by atomic mass is 10.1. The summed E-state index contributed by atoms with van der Waals surface area (Å²) in [5.41, 5.74) is 0.985. The fourth-order valence-corrected chi connectivity index (χ4v) is 2.39. The second-order valence-corrected chi connectivity index (χ2v) is 6.63. The molecule has 0 heterocycles. The number of esters is 1. The smallest absolute Gasteiger partial charge is 0.387 e. The summed E-state index contributed by atoms with van der Waals surface area (Å²) in [6.07, 6.45) is 0.395. The molecule has 0 unspecified atom stereocenters. The number of nitrogens with one attached hydrogen (secondary N) is 1. The summed E-state index contributed by atoms with van der Waals surface area (Å²) in [5.74, 6) is -1.15. The fourth-order valence-electron chi connectivity index (χ4n) is 2.39. The molecule has 0 atom stereocenters. The maximum Gasteiger partial charge on any atom is 0.387 e. The summed E-state index contributed by atoms with van der Waals surface area (Å²) in [6, 6.07) is 11.2. The Morgan fingerprint density at radius 3 is 2.07 bits per heavy atom. The Balaban J connectivity index is 1.86. The lowest BCUT2D eigenvalue weighted by Gasteiger charge is -2.08. The number of rotatable bonds is 9. The van der Waals surface area contributed by atoms with E-state index in [4.69, 9.17) is 4.74 Å². The number of hydrogen-bond acceptors (Lipinski definition) is 5. The predicted octanol–water partition coefficient (Wildman–Crippen LogP) is 4.31. The van der Waals surface area contributed by atoms with Gasteiger partial charge in [0.05, 0.1) is 5.56 Å². The van der Waals surface area contributed by atoms with E-state index < -0.39 is 25.0 Å². The Labute approximate surface area is 166 Å². The van der Waals surface area contributed by atoms with Crippen LogP contribution in [0.15, 0.2) is 48.5 Å². The van der Waals surface area contributed by atoms with E-state index in [1.807, 2.05) is 13.8 Å². The number of alkyl halides is 2. The van der Waals surface area contributed by atoms with E-state index in [9.17, 15) is 23.2 Å². The zero-order valence-electron chi connectivity index (χ0n) is 16.0. The summed E-state index contributed by atoms with van der Waals surface area (Å²) >= 11 is 0. The van der Waals surface area contributed by atoms with Crippen LogP contribution in [0.4, 0.5) is 14.5 Å². The first-order valence-corrected chi connectivity index (χ1v) is 8.89. The van der Waals surface area contributed by atoms with E-state index >= 15 is 0 Å². The van der Waals surface area contributed by atoms with Crippen molar-refractivity contribution in [3.8, 4) is 5.75 Å². The highest BCUT2D eigenvalue weighted by Gasteiger charge is 2.13. The van der Waals surface area contributed by atoms with Gasteiger partial charge in [-0.3, -0.25) is 9.59 Å². The van der Waals surface area contributed by atoms with Crippen LogP contribution in [0.2, 0.25) is 0 Å². The monoisotopic (exact) mass is 405 g/mol. The molecule has 0 saturated carbocycles. The van der Waals surface area contributed by atoms with Gasteiger partial charge in [0.25, 0.3) is 0 Å². The lowest BCUT2D eigenvalue weighted by molar-refractivity contribution is -0.116. The molecular weight excluding hydrogens is 384 g/mol. The molecule has 2 aromatic carbocycles. The molecule has 0 spiro atoms. The average Bonchev–Trinajstić information content (AvgIpc) is 2.66. The molecule has 0 aromatic heterocycles. The molecule has 29 heavy (non-hydrogen) atoms. The molecule has 1 amide bonds. The Kier molecular flexibility index (Phi) is 7.82. The third kappa shape index (κ3) is 7.33. The van der Waals surface area contributed by atoms with Gasteiger partial charge in [-0.15, -0.1) is 0 Å². The molecule has 0 aliphatic rings. The standard InChI is InChI=1S/C21H21F2NO5/c1-13(2)11-19(26)24-16-7-3-14(4-8-16)18(25)12-28-20(27)15-5-9-17(10-6-15)29-21(22)23/h3-10,13,21H,11-12H2,1-2H3,(H,24,26). The first kappa shape index (κ1) is 22.0. The molecule has 154 valence electrons. The van der Waals surface area contributed by atoms with Gasteiger partial charge in [0.15, 0.2) is 12.4 Å². The summed E-state index contributed by atoms with van der Waals surface area (Å²) in [7, 11) is 0. The SMILES string of the molecule is CC(C)CC(=O)Nc1ccc(C(=O)COC(=O)c2ccc(OC(F)F)cc2)cc1. The van der Waals surface area contributed by atoms with Crippen molar-refractivity contribution in [3.63, 3.8) is 0 Å². The molecule has 1 N–H and O–H groups in total. The van der Waals surface area contributed by atoms with Crippen LogP contribution < -0.4 is 10.1 Å². The molecule has 0 saturated heterocycles. The third-order valence-electron chi connectivity index (χ3n) is 3.73. The maximum absolute atomic E-state index is 12.2. The first-order chi connectivity index (χ1) is 13.7. The lowest BCUT2D eigenvalue weighted by Crippen LogP contribution is -2.15. The number of Topliss-reactive ketones (excluding diaryl/α,β-unsaturated/α-hetero) is 1. The van der Waals surface area contributed by atoms with Gasteiger partial charge in [0, 0.05) is 17.7 Å². The van der Waals surface area contributed by atoms with Crippen molar-refractivity contribution in [2.75, 3.05) is 11.9 Å². The summed E-state index contributed by atoms with van der Waals surface area (Å²) in [6.45, 7) is 0.440. The van der Waals surface area contributed by atoms with Gasteiger partial charge < -0.3 is 14.8 Å². The summed E-state index contributed by atoms with van der Waals surface area (Å²) in [5, 5.41) is 2.73. The van der Waals surface area contributed by atoms with Gasteiger partial charge in [0.1, 0.15) is 5.75 Å². The van der Waals surface area contributed by atoms with Crippen LogP contribution in [-0.2, 0) is 9.53 Å². The van der Waals surface area contributed by atoms with Gasteiger partial charge in [-0.2, -0.15) is 8.78 Å². The number of ketones is 1. The van der Waals surface area contributed by atoms with E-state index in [2.05, 4.69) is 10.1 Å². The Hall–Kier alpha value is -3.29. The van der Waals surface area contributed by atoms with Crippen molar-refractivity contribution >= 4 is 23.3 Å². The molecule has 0 fully saturated rings. The molecule has 0 bridgehead atoms. The zero-order chi connectivity index (χ0) is 21.4. The molecular formula is C21H21F2NO5. The zero-order valence-corrected chi connectivity index (χ0v) is 16.0. The van der Waals surface area contributed by atoms with Crippen molar-refractivity contribution in [3.05, 3.63) is 59.7 Å². The highest BCUT2D eigenvalue weighted by molar-refractivity contribution is 6.00. The normalized spacial score (nSPS) is 10.7. The molecule has 2 rings (SSSR count). The fraction of sp³-hybridized carbons (Fsp3) is 0.286. The minimum atomic E-state index is -2.96. The van der Waals surface area contributed by atoms with Gasteiger partial charge in [-0.05, 0) is 54.4 Å². The van der Waals surface area contributed by atoms with E-state index in [1.54, 1.807) is 12.1 Å². The Morgan fingerprint density at radius 1 is 0.931 bits per heavy atom. The Morgan fingerprint density at radius 2 is 1.52 bits per heavy atom. The van der Waals surface area contributed by atoms with Crippen molar-refractivity contribution in [1.29, 1.82) is 0 Å². The quantitative estimate of drug-likeness (QED) is 0.497. The van der Waals surface area contributed by atoms with Crippen LogP contribution in [0.5, 0.6) is 5.75 Å². The Bertz CT molecular complexity index is 848. The minimum absolute atomic E-state index is 0.0896. The van der Waals surface area contributed by atoms with E-state index in [0.29, 0.717) is 17.7 Å². The minimum Gasteiger partial charge on any atom is -0.454 e. The number of carbonyl (C=O) groups excluding carboxylic acids is 3. The third-order valence-corrected chi connectivity index (χ3v) is 3.73. The highest BCUT2D eigenvalue weighted by atomic mass is 19.3. The van der Waals surface area contributed by atoms with Crippen molar-refractivity contribution in [2.24, 2.45) is 5.92 Å². The van der Waals surface area contributed by atoms with Crippen LogP contribution in [-0.4, -0.2) is 30.9 Å². The van der Waals surface area contributed by atoms with Crippen molar-refractivity contribution < 1.29 is 32.6 Å². The van der Waals surface area contributed by atoms with E-state index in [1.165, 1.54) is 36.4 Å². The van der Waals surface area contributed by atoms with Gasteiger partial charge in [0.2, 0.25) is 5.91 Å². The second-order valence-electron chi connectivity index (χ2n) is 6.63. The summed E-state index contributed by atoms with van der Waals surface area (Å²) < 4.78 is 33.4. The van der Waals surface area contributed by atoms with Crippen molar-refractivity contribution in [1.82, 2.24) is 0 Å². The molecule has 0 aliphatic heterocycles. The largest absolute Gasteiger partial charge is 0.454 e. The van der Waals surface area contributed by atoms with E-state index in [0.717, 1.165) is 0 Å². The number of benzene rings is 2. The number of hydrogen-bond donors (Lipinski definition) is 1. The van der Waals surface area contributed by atoms with Crippen LogP contribution >= 0.6 is 0 Å². The first-order valence-electron chi connectivity index (χ1n) is 8.89. The van der Waals surface area contributed by atoms with Gasteiger partial charge in [-0.25, -0.2) is 4.79 Å². The van der Waals surface area contributed by atoms with Crippen LogP contribution in [0.1, 0.15) is 41.0 Å². The molecule has 6 nitrogen and oxygen atoms in total. The topological polar surface area (TPSA) is 81.7 Å². The molecule has 0 aliphatic carbocycles. The molecule has 2 aromatic rings. The number of ether oxygens (including phenoxy) is 2. The van der Waals surface area contributed by atoms with Crippen LogP contribution in [0, 0.1) is 5.92 Å². The number of carbonyl (C=O) groups is 3. The molecule has 8 heteroatoms. The van der Waals surface area contributed by atoms with Gasteiger partial charge >= 0.3 is 12.6 Å². The van der Waals surface area contributed by atoms with Crippen molar-refractivity contribution in [2.45, 2.75) is 26.9 Å². The summed E-state index contributed by atoms with van der Waals surface area (Å²) in [4.78, 5) is 35.9. The van der Waals surface area contributed by atoms with Crippen LogP contribution in [0.25, 0.3) is 0 Å². The second kappa shape index (κ2) is 10.3. The number of halogens is 2. The highest BCUT2D eigenvalue weighted by Crippen LogP contribution is 2.16.